The molecule has 1 unspecified atom stereocenters. The Morgan fingerprint density at radius 2 is 1.95 bits per heavy atom. The maximum absolute atomic E-state index is 13.1. The number of hydrogen-bond donors (Lipinski definition) is 1. The minimum Gasteiger partial charge on any atom is -0.494 e. The molecule has 1 atom stereocenters. The van der Waals surface area contributed by atoms with Crippen LogP contribution in [0.1, 0.15) is 24.9 Å². The van der Waals surface area contributed by atoms with Gasteiger partial charge in [0.25, 0.3) is 0 Å². The fourth-order valence-corrected chi connectivity index (χ4v) is 2.75. The number of nitrogens with one attached hydrogen (secondary N) is 1. The summed E-state index contributed by atoms with van der Waals surface area (Å²) in [5.74, 6) is 0.668. The lowest BCUT2D eigenvalue weighted by molar-refractivity contribution is 0.305. The summed E-state index contributed by atoms with van der Waals surface area (Å²) in [6.45, 7) is 3.59. The number of halogens is 2. The Morgan fingerprint density at radius 1 is 1.19 bits per heavy atom. The first-order chi connectivity index (χ1) is 10.2. The van der Waals surface area contributed by atoms with Crippen LogP contribution in [0.15, 0.2) is 53.0 Å². The molecule has 1 N–H and O–H groups in total. The second kappa shape index (κ2) is 8.15. The van der Waals surface area contributed by atoms with Gasteiger partial charge in [0, 0.05) is 10.5 Å². The molecule has 0 radical (unpaired) electrons. The van der Waals surface area contributed by atoms with E-state index in [1.165, 1.54) is 12.1 Å². The zero-order valence-corrected chi connectivity index (χ0v) is 13.6. The third-order valence-corrected chi connectivity index (χ3v) is 3.90. The van der Waals surface area contributed by atoms with E-state index < -0.39 is 0 Å². The third-order valence-electron chi connectivity index (χ3n) is 3.21. The molecule has 0 saturated carbocycles. The van der Waals surface area contributed by atoms with E-state index in [-0.39, 0.29) is 11.9 Å². The second-order valence-electron chi connectivity index (χ2n) is 4.86. The summed E-state index contributed by atoms with van der Waals surface area (Å²) in [6, 6.07) is 14.7. The van der Waals surface area contributed by atoms with Gasteiger partial charge in [-0.2, -0.15) is 0 Å². The van der Waals surface area contributed by atoms with E-state index in [2.05, 4.69) is 28.2 Å². The SMILES string of the molecule is CC(NCCCOc1ccccc1)c1ccc(F)cc1Br. The van der Waals surface area contributed by atoms with Gasteiger partial charge in [0.15, 0.2) is 0 Å². The van der Waals surface area contributed by atoms with Crippen molar-refractivity contribution >= 4 is 15.9 Å². The van der Waals surface area contributed by atoms with Crippen LogP contribution in [-0.4, -0.2) is 13.2 Å². The molecule has 112 valence electrons. The fourth-order valence-electron chi connectivity index (χ4n) is 2.06. The fraction of sp³-hybridized carbons (Fsp3) is 0.294. The predicted octanol–water partition coefficient (Wildman–Crippen LogP) is 4.71. The highest BCUT2D eigenvalue weighted by atomic mass is 79.9. The van der Waals surface area contributed by atoms with E-state index in [0.29, 0.717) is 6.61 Å². The van der Waals surface area contributed by atoms with Crippen molar-refractivity contribution in [3.63, 3.8) is 0 Å². The van der Waals surface area contributed by atoms with Gasteiger partial charge in [-0.05, 0) is 49.7 Å². The highest BCUT2D eigenvalue weighted by Gasteiger charge is 2.09. The van der Waals surface area contributed by atoms with Crippen LogP contribution in [0.25, 0.3) is 0 Å². The lowest BCUT2D eigenvalue weighted by atomic mass is 10.1. The van der Waals surface area contributed by atoms with Gasteiger partial charge >= 0.3 is 0 Å². The molecule has 0 fully saturated rings. The first-order valence-electron chi connectivity index (χ1n) is 7.03. The molecule has 0 aliphatic rings. The average molecular weight is 352 g/mol. The number of ether oxygens (including phenoxy) is 1. The van der Waals surface area contributed by atoms with Gasteiger partial charge in [-0.25, -0.2) is 4.39 Å². The van der Waals surface area contributed by atoms with E-state index in [0.717, 1.165) is 28.8 Å². The predicted molar refractivity (Wildman–Crippen MR) is 87.1 cm³/mol. The normalized spacial score (nSPS) is 12.1. The van der Waals surface area contributed by atoms with Gasteiger partial charge in [0.05, 0.1) is 6.61 Å². The molecule has 0 saturated heterocycles. The van der Waals surface area contributed by atoms with Crippen LogP contribution in [0.4, 0.5) is 4.39 Å². The molecule has 4 heteroatoms. The maximum atomic E-state index is 13.1. The Morgan fingerprint density at radius 3 is 2.67 bits per heavy atom. The topological polar surface area (TPSA) is 21.3 Å². The van der Waals surface area contributed by atoms with Crippen LogP contribution < -0.4 is 10.1 Å². The van der Waals surface area contributed by atoms with E-state index in [1.54, 1.807) is 6.07 Å². The largest absolute Gasteiger partial charge is 0.494 e. The molecule has 0 amide bonds. The van der Waals surface area contributed by atoms with Crippen LogP contribution in [0.5, 0.6) is 5.75 Å². The average Bonchev–Trinajstić information content (AvgIpc) is 2.47. The van der Waals surface area contributed by atoms with E-state index >= 15 is 0 Å². The minimum absolute atomic E-state index is 0.164. The quantitative estimate of drug-likeness (QED) is 0.729. The Balaban J connectivity index is 1.71. The summed E-state index contributed by atoms with van der Waals surface area (Å²) in [7, 11) is 0. The van der Waals surface area contributed by atoms with Crippen molar-refractivity contribution in [2.75, 3.05) is 13.2 Å². The number of rotatable bonds is 7. The Labute approximate surface area is 133 Å². The molecule has 0 spiro atoms. The molecule has 0 bridgehead atoms. The molecule has 0 aliphatic heterocycles. The van der Waals surface area contributed by atoms with Crippen molar-refractivity contribution in [1.29, 1.82) is 0 Å². The second-order valence-corrected chi connectivity index (χ2v) is 5.71. The van der Waals surface area contributed by atoms with Crippen molar-refractivity contribution in [3.05, 3.63) is 64.4 Å². The molecular formula is C17H19BrFNO. The van der Waals surface area contributed by atoms with E-state index in [1.807, 2.05) is 30.3 Å². The van der Waals surface area contributed by atoms with Crippen LogP contribution >= 0.6 is 15.9 Å². The van der Waals surface area contributed by atoms with Crippen molar-refractivity contribution in [2.45, 2.75) is 19.4 Å². The highest BCUT2D eigenvalue weighted by Crippen LogP contribution is 2.24. The zero-order chi connectivity index (χ0) is 15.1. The van der Waals surface area contributed by atoms with Crippen LogP contribution in [0.2, 0.25) is 0 Å². The van der Waals surface area contributed by atoms with Gasteiger partial charge in [-0.15, -0.1) is 0 Å². The lowest BCUT2D eigenvalue weighted by Crippen LogP contribution is -2.21. The molecule has 21 heavy (non-hydrogen) atoms. The number of hydrogen-bond acceptors (Lipinski definition) is 2. The Hall–Kier alpha value is -1.39. The van der Waals surface area contributed by atoms with Gasteiger partial charge in [0.2, 0.25) is 0 Å². The smallest absolute Gasteiger partial charge is 0.124 e. The van der Waals surface area contributed by atoms with Gasteiger partial charge < -0.3 is 10.1 Å². The lowest BCUT2D eigenvalue weighted by Gasteiger charge is -2.16. The summed E-state index contributed by atoms with van der Waals surface area (Å²) in [5.41, 5.74) is 1.06. The summed E-state index contributed by atoms with van der Waals surface area (Å²) >= 11 is 3.40. The summed E-state index contributed by atoms with van der Waals surface area (Å²) in [5, 5.41) is 3.41. The molecular weight excluding hydrogens is 333 g/mol. The molecule has 2 aromatic rings. The maximum Gasteiger partial charge on any atom is 0.124 e. The summed E-state index contributed by atoms with van der Waals surface area (Å²) < 4.78 is 19.5. The van der Waals surface area contributed by atoms with Crippen molar-refractivity contribution in [1.82, 2.24) is 5.32 Å². The van der Waals surface area contributed by atoms with Crippen molar-refractivity contribution < 1.29 is 9.13 Å². The van der Waals surface area contributed by atoms with Gasteiger partial charge in [0.1, 0.15) is 11.6 Å². The molecule has 0 aromatic heterocycles. The number of para-hydroxylation sites is 1. The van der Waals surface area contributed by atoms with E-state index in [9.17, 15) is 4.39 Å². The highest BCUT2D eigenvalue weighted by molar-refractivity contribution is 9.10. The van der Waals surface area contributed by atoms with Crippen molar-refractivity contribution in [2.24, 2.45) is 0 Å². The summed E-state index contributed by atoms with van der Waals surface area (Å²) in [4.78, 5) is 0. The van der Waals surface area contributed by atoms with Crippen LogP contribution in [-0.2, 0) is 0 Å². The number of benzene rings is 2. The summed E-state index contributed by atoms with van der Waals surface area (Å²) in [6.07, 6.45) is 0.915. The molecule has 0 aliphatic carbocycles. The minimum atomic E-state index is -0.228. The van der Waals surface area contributed by atoms with Gasteiger partial charge in [-0.1, -0.05) is 40.2 Å². The van der Waals surface area contributed by atoms with Crippen LogP contribution in [0.3, 0.4) is 0 Å². The van der Waals surface area contributed by atoms with Gasteiger partial charge in [-0.3, -0.25) is 0 Å². The zero-order valence-electron chi connectivity index (χ0n) is 12.0. The first-order valence-corrected chi connectivity index (χ1v) is 7.82. The molecule has 2 nitrogen and oxygen atoms in total. The van der Waals surface area contributed by atoms with E-state index in [4.69, 9.17) is 4.74 Å². The first kappa shape index (κ1) is 16.0. The molecule has 0 heterocycles. The Bertz CT molecular complexity index is 562. The Kier molecular flexibility index (Phi) is 6.21. The molecule has 2 rings (SSSR count). The van der Waals surface area contributed by atoms with Crippen LogP contribution in [0, 0.1) is 5.82 Å². The molecule has 2 aromatic carbocycles. The third kappa shape index (κ3) is 5.14. The van der Waals surface area contributed by atoms with Crippen molar-refractivity contribution in [3.8, 4) is 5.75 Å². The monoisotopic (exact) mass is 351 g/mol. The standard InChI is InChI=1S/C17H19BrFNO/c1-13(16-9-8-14(19)12-17(16)18)20-10-5-11-21-15-6-3-2-4-7-15/h2-4,6-9,12-13,20H,5,10-11H2,1H3.